The van der Waals surface area contributed by atoms with Crippen molar-refractivity contribution in [3.8, 4) is 0 Å². The number of aliphatic carboxylic acids is 1. The van der Waals surface area contributed by atoms with Crippen LogP contribution in [0.3, 0.4) is 0 Å². The summed E-state index contributed by atoms with van der Waals surface area (Å²) in [5, 5.41) is 8.34. The summed E-state index contributed by atoms with van der Waals surface area (Å²) in [5.41, 5.74) is 0. The maximum absolute atomic E-state index is 12.5. The maximum Gasteiger partial charge on any atom is 0.308 e. The third-order valence-corrected chi connectivity index (χ3v) is 8.23. The van der Waals surface area contributed by atoms with E-state index in [1.165, 1.54) is 4.31 Å². The molecule has 0 saturated carbocycles. The maximum atomic E-state index is 12.5. The quantitative estimate of drug-likeness (QED) is 0.752. The number of carboxylic acids is 1. The molecule has 0 aromatic heterocycles. The summed E-state index contributed by atoms with van der Waals surface area (Å²) in [5.74, 6) is -2.11. The van der Waals surface area contributed by atoms with Crippen LogP contribution in [0.4, 0.5) is 0 Å². The molecule has 1 N–H and O–H groups in total. The molecule has 0 radical (unpaired) electrons. The first-order valence-corrected chi connectivity index (χ1v) is 9.88. The Morgan fingerprint density at radius 3 is 2.20 bits per heavy atom. The second-order valence-electron chi connectivity index (χ2n) is 5.64. The van der Waals surface area contributed by atoms with Crippen LogP contribution in [0.15, 0.2) is 0 Å². The van der Waals surface area contributed by atoms with Gasteiger partial charge in [-0.25, -0.2) is 21.1 Å². The Hall–Kier alpha value is -0.670. The summed E-state index contributed by atoms with van der Waals surface area (Å²) in [6.07, 6.45) is 0.209. The van der Waals surface area contributed by atoms with E-state index in [0.717, 1.165) is 0 Å². The summed E-state index contributed by atoms with van der Waals surface area (Å²) >= 11 is 0. The molecule has 2 fully saturated rings. The van der Waals surface area contributed by atoms with Crippen molar-refractivity contribution in [3.63, 3.8) is 0 Å². The molecule has 7 nitrogen and oxygen atoms in total. The molecule has 0 aromatic rings. The third kappa shape index (κ3) is 2.99. The molecule has 2 rings (SSSR count). The lowest BCUT2D eigenvalue weighted by Crippen LogP contribution is -2.42. The summed E-state index contributed by atoms with van der Waals surface area (Å²) in [4.78, 5) is 11.0. The van der Waals surface area contributed by atoms with Gasteiger partial charge in [-0.1, -0.05) is 6.92 Å². The van der Waals surface area contributed by atoms with Crippen LogP contribution in [-0.4, -0.2) is 62.1 Å². The molecular weight excluding hydrogens is 306 g/mol. The number of carbonyl (C=O) groups is 1. The average Bonchev–Trinajstić information content (AvgIpc) is 2.71. The highest BCUT2D eigenvalue weighted by molar-refractivity contribution is 7.92. The first kappa shape index (κ1) is 15.7. The Morgan fingerprint density at radius 1 is 1.20 bits per heavy atom. The fourth-order valence-corrected chi connectivity index (χ4v) is 6.68. The average molecular weight is 325 g/mol. The third-order valence-electron chi connectivity index (χ3n) is 4.18. The van der Waals surface area contributed by atoms with E-state index >= 15 is 0 Å². The van der Waals surface area contributed by atoms with Crippen molar-refractivity contribution in [2.24, 2.45) is 11.8 Å². The van der Waals surface area contributed by atoms with E-state index < -0.39 is 37.0 Å². The van der Waals surface area contributed by atoms with Gasteiger partial charge in [0.05, 0.1) is 22.7 Å². The first-order chi connectivity index (χ1) is 9.13. The molecule has 2 atom stereocenters. The van der Waals surface area contributed by atoms with Gasteiger partial charge in [-0.15, -0.1) is 0 Å². The lowest BCUT2D eigenvalue weighted by atomic mass is 9.99. The van der Waals surface area contributed by atoms with Crippen LogP contribution in [0.5, 0.6) is 0 Å². The number of rotatable bonds is 3. The summed E-state index contributed by atoms with van der Waals surface area (Å²) in [6.45, 7) is 1.91. The van der Waals surface area contributed by atoms with Gasteiger partial charge in [0.15, 0.2) is 0 Å². The van der Waals surface area contributed by atoms with Crippen molar-refractivity contribution in [2.45, 2.75) is 25.0 Å². The van der Waals surface area contributed by atoms with E-state index in [4.69, 9.17) is 5.11 Å². The topological polar surface area (TPSA) is 109 Å². The largest absolute Gasteiger partial charge is 0.481 e. The molecule has 20 heavy (non-hydrogen) atoms. The van der Waals surface area contributed by atoms with E-state index in [1.54, 1.807) is 6.92 Å². The standard InChI is InChI=1S/C11H19NO6S2/c1-8-6-12(7-10(8)11(13)14)20(17,18)9-2-4-19(15,16)5-3-9/h8-10H,2-7H2,1H3,(H,13,14). The van der Waals surface area contributed by atoms with Crippen LogP contribution in [0, 0.1) is 11.8 Å². The molecule has 0 aliphatic carbocycles. The van der Waals surface area contributed by atoms with Crippen molar-refractivity contribution in [1.29, 1.82) is 0 Å². The summed E-state index contributed by atoms with van der Waals surface area (Å²) in [7, 11) is -6.72. The number of carboxylic acid groups (broad SMARTS) is 1. The Bertz CT molecular complexity index is 582. The number of sulfonamides is 1. The lowest BCUT2D eigenvalue weighted by Gasteiger charge is -2.26. The van der Waals surface area contributed by atoms with Gasteiger partial charge in [-0.05, 0) is 18.8 Å². The Labute approximate surface area is 118 Å². The SMILES string of the molecule is CC1CN(S(=O)(=O)C2CCS(=O)(=O)CC2)CC1C(=O)O. The number of hydrogen-bond donors (Lipinski definition) is 1. The highest BCUT2D eigenvalue weighted by Crippen LogP contribution is 2.30. The summed E-state index contributed by atoms with van der Waals surface area (Å²) < 4.78 is 48.8. The van der Waals surface area contributed by atoms with E-state index in [1.807, 2.05) is 0 Å². The molecule has 0 bridgehead atoms. The second kappa shape index (κ2) is 5.27. The number of hydrogen-bond acceptors (Lipinski definition) is 5. The molecule has 9 heteroatoms. The van der Waals surface area contributed by atoms with Crippen molar-refractivity contribution < 1.29 is 26.7 Å². The molecule has 0 amide bonds. The van der Waals surface area contributed by atoms with Crippen LogP contribution in [-0.2, 0) is 24.7 Å². The Balaban J connectivity index is 2.11. The number of nitrogens with zero attached hydrogens (tertiary/aromatic N) is 1. The van der Waals surface area contributed by atoms with Crippen LogP contribution in [0.25, 0.3) is 0 Å². The predicted octanol–water partition coefficient (Wildman–Crippen LogP) is -0.454. The Kier molecular flexibility index (Phi) is 4.14. The lowest BCUT2D eigenvalue weighted by molar-refractivity contribution is -0.142. The van der Waals surface area contributed by atoms with Gasteiger partial charge in [0.1, 0.15) is 9.84 Å². The smallest absolute Gasteiger partial charge is 0.308 e. The van der Waals surface area contributed by atoms with Crippen molar-refractivity contribution in [1.82, 2.24) is 4.31 Å². The van der Waals surface area contributed by atoms with E-state index in [2.05, 4.69) is 0 Å². The van der Waals surface area contributed by atoms with Gasteiger partial charge in [0.2, 0.25) is 10.0 Å². The normalized spacial score (nSPS) is 32.2. The van der Waals surface area contributed by atoms with Gasteiger partial charge in [0, 0.05) is 13.1 Å². The van der Waals surface area contributed by atoms with E-state index in [-0.39, 0.29) is 43.4 Å². The van der Waals surface area contributed by atoms with Crippen molar-refractivity contribution in [2.75, 3.05) is 24.6 Å². The minimum absolute atomic E-state index is 0.0118. The van der Waals surface area contributed by atoms with Crippen LogP contribution >= 0.6 is 0 Å². The van der Waals surface area contributed by atoms with Crippen molar-refractivity contribution >= 4 is 25.8 Å². The molecule has 2 heterocycles. The Morgan fingerprint density at radius 2 is 1.75 bits per heavy atom. The monoisotopic (exact) mass is 325 g/mol. The minimum Gasteiger partial charge on any atom is -0.481 e. The molecule has 2 unspecified atom stereocenters. The first-order valence-electron chi connectivity index (χ1n) is 6.55. The van der Waals surface area contributed by atoms with Crippen LogP contribution in [0.2, 0.25) is 0 Å². The van der Waals surface area contributed by atoms with Gasteiger partial charge in [-0.3, -0.25) is 4.79 Å². The minimum atomic E-state index is -3.61. The highest BCUT2D eigenvalue weighted by Gasteiger charge is 2.44. The fraction of sp³-hybridized carbons (Fsp3) is 0.909. The highest BCUT2D eigenvalue weighted by atomic mass is 32.2. The molecular formula is C11H19NO6S2. The second-order valence-corrected chi connectivity index (χ2v) is 10.2. The fourth-order valence-electron chi connectivity index (χ4n) is 2.83. The van der Waals surface area contributed by atoms with Gasteiger partial charge in [0.25, 0.3) is 0 Å². The van der Waals surface area contributed by atoms with Crippen molar-refractivity contribution in [3.05, 3.63) is 0 Å². The van der Waals surface area contributed by atoms with Gasteiger partial charge >= 0.3 is 5.97 Å². The molecule has 0 aromatic carbocycles. The molecule has 2 aliphatic rings. The molecule has 0 spiro atoms. The molecule has 2 aliphatic heterocycles. The van der Waals surface area contributed by atoms with Crippen LogP contribution < -0.4 is 0 Å². The predicted molar refractivity (Wildman–Crippen MR) is 72.5 cm³/mol. The zero-order valence-corrected chi connectivity index (χ0v) is 12.9. The molecule has 2 saturated heterocycles. The van der Waals surface area contributed by atoms with Gasteiger partial charge < -0.3 is 5.11 Å². The van der Waals surface area contributed by atoms with Gasteiger partial charge in [-0.2, -0.15) is 0 Å². The molecule has 116 valence electrons. The van der Waals surface area contributed by atoms with E-state index in [0.29, 0.717) is 0 Å². The number of sulfone groups is 1. The zero-order chi connectivity index (χ0) is 15.1. The summed E-state index contributed by atoms with van der Waals surface area (Å²) in [6, 6.07) is 0. The van der Waals surface area contributed by atoms with E-state index in [9.17, 15) is 21.6 Å². The van der Waals surface area contributed by atoms with Crippen LogP contribution in [0.1, 0.15) is 19.8 Å². The zero-order valence-electron chi connectivity index (χ0n) is 11.2.